The number of urea groups is 1. The van der Waals surface area contributed by atoms with Crippen LogP contribution in [0.1, 0.15) is 41.5 Å². The van der Waals surface area contributed by atoms with Gasteiger partial charge in [0.05, 0.1) is 17.7 Å². The van der Waals surface area contributed by atoms with Gasteiger partial charge < -0.3 is 30.0 Å². The number of rotatable bonds is 7. The molecule has 0 aromatic heterocycles. The van der Waals surface area contributed by atoms with Crippen LogP contribution >= 0.6 is 0 Å². The summed E-state index contributed by atoms with van der Waals surface area (Å²) in [7, 11) is -8.98. The average Bonchev–Trinajstić information content (AvgIpc) is 3.17. The van der Waals surface area contributed by atoms with Crippen molar-refractivity contribution in [1.29, 1.82) is 0 Å². The summed E-state index contributed by atoms with van der Waals surface area (Å²) in [5, 5.41) is 6.17. The molecule has 3 rings (SSSR count). The van der Waals surface area contributed by atoms with Crippen LogP contribution in [-0.4, -0.2) is 61.7 Å². The van der Waals surface area contributed by atoms with Gasteiger partial charge in [-0.05, 0) is 48.4 Å². The maximum absolute atomic E-state index is 13.1. The van der Waals surface area contributed by atoms with E-state index in [0.717, 1.165) is 5.41 Å². The fourth-order valence-corrected chi connectivity index (χ4v) is 7.47. The quantitative estimate of drug-likeness (QED) is 0.299. The van der Waals surface area contributed by atoms with Crippen molar-refractivity contribution in [2.75, 3.05) is 11.9 Å². The lowest BCUT2D eigenvalue weighted by atomic mass is 9.89. The van der Waals surface area contributed by atoms with Crippen molar-refractivity contribution in [2.24, 2.45) is 5.73 Å². The van der Waals surface area contributed by atoms with Crippen LogP contribution in [0.4, 0.5) is 10.5 Å². The van der Waals surface area contributed by atoms with Gasteiger partial charge in [-0.1, -0.05) is 59.7 Å². The molecule has 0 unspecified atom stereocenters. The van der Waals surface area contributed by atoms with Crippen LogP contribution in [-0.2, 0) is 27.9 Å². The fourth-order valence-electron chi connectivity index (χ4n) is 3.96. The van der Waals surface area contributed by atoms with Crippen molar-refractivity contribution >= 4 is 38.5 Å². The van der Waals surface area contributed by atoms with Gasteiger partial charge in [0.2, 0.25) is 0 Å². The zero-order valence-corrected chi connectivity index (χ0v) is 27.6. The molecule has 2 amide bonds. The van der Waals surface area contributed by atoms with E-state index in [1.807, 2.05) is 19.2 Å². The summed E-state index contributed by atoms with van der Waals surface area (Å²) in [5.41, 5.74) is 5.28. The lowest BCUT2D eigenvalue weighted by Gasteiger charge is -2.43. The molecule has 2 heterocycles. The number of hydrogen-bond donors (Lipinski definition) is 3. The Labute approximate surface area is 235 Å². The minimum absolute atomic E-state index is 0.0103. The maximum Gasteiger partial charge on any atom is 0.321 e. The van der Waals surface area contributed by atoms with Crippen molar-refractivity contribution in [3.8, 4) is 0 Å². The van der Waals surface area contributed by atoms with E-state index in [1.54, 1.807) is 24.3 Å². The Bertz CT molecular complexity index is 1190. The highest BCUT2D eigenvalue weighted by molar-refractivity contribution is 7.90. The van der Waals surface area contributed by atoms with Gasteiger partial charge in [0.15, 0.2) is 28.5 Å². The lowest BCUT2D eigenvalue weighted by Crippen LogP contribution is -2.61. The molecule has 1 aromatic carbocycles. The third kappa shape index (κ3) is 6.60. The van der Waals surface area contributed by atoms with Gasteiger partial charge in [0, 0.05) is 5.69 Å². The van der Waals surface area contributed by atoms with E-state index in [4.69, 9.17) is 23.5 Å². The smallest absolute Gasteiger partial charge is 0.321 e. The zero-order valence-electron chi connectivity index (χ0n) is 24.7. The van der Waals surface area contributed by atoms with E-state index in [2.05, 4.69) is 65.3 Å². The highest BCUT2D eigenvalue weighted by atomic mass is 32.2. The second kappa shape index (κ2) is 10.6. The number of ether oxygens (including phenoxy) is 1. The van der Waals surface area contributed by atoms with Crippen molar-refractivity contribution in [2.45, 2.75) is 102 Å². The molecule has 0 saturated carbocycles. The molecule has 1 fully saturated rings. The number of carbonyl (C=O) groups is 1. The van der Waals surface area contributed by atoms with Gasteiger partial charge in [-0.2, -0.15) is 8.42 Å². The van der Waals surface area contributed by atoms with Crippen molar-refractivity contribution in [1.82, 2.24) is 5.32 Å². The first kappa shape index (κ1) is 31.8. The molecule has 0 bridgehead atoms. The third-order valence-corrected chi connectivity index (χ3v) is 18.4. The highest BCUT2D eigenvalue weighted by Crippen LogP contribution is 2.49. The van der Waals surface area contributed by atoms with Crippen molar-refractivity contribution in [3.63, 3.8) is 0 Å². The van der Waals surface area contributed by atoms with Gasteiger partial charge in [0.1, 0.15) is 12.2 Å². The van der Waals surface area contributed by atoms with Crippen LogP contribution in [0.5, 0.6) is 0 Å². The normalized spacial score (nSPS) is 27.4. The Morgan fingerprint density at radius 2 is 1.59 bits per heavy atom. The molecule has 0 aliphatic carbocycles. The van der Waals surface area contributed by atoms with Crippen LogP contribution < -0.4 is 16.4 Å². The topological polar surface area (TPSA) is 138 Å². The molecule has 2 aliphatic rings. The van der Waals surface area contributed by atoms with Crippen LogP contribution in [0.15, 0.2) is 41.4 Å². The van der Waals surface area contributed by atoms with E-state index in [9.17, 15) is 13.2 Å². The summed E-state index contributed by atoms with van der Waals surface area (Å²) in [6.07, 6.45) is -3.09. The van der Waals surface area contributed by atoms with Gasteiger partial charge >= 0.3 is 6.03 Å². The average molecular weight is 600 g/mol. The molecule has 13 heteroatoms. The second-order valence-electron chi connectivity index (χ2n) is 13.3. The van der Waals surface area contributed by atoms with Crippen LogP contribution in [0.2, 0.25) is 36.3 Å². The summed E-state index contributed by atoms with van der Waals surface area (Å²) in [4.78, 5) is 13.1. The summed E-state index contributed by atoms with van der Waals surface area (Å²) >= 11 is 0. The van der Waals surface area contributed by atoms with E-state index < -0.39 is 56.8 Å². The molecule has 220 valence electrons. The Morgan fingerprint density at radius 3 is 2.08 bits per heavy atom. The van der Waals surface area contributed by atoms with Crippen molar-refractivity contribution < 1.29 is 31.0 Å². The number of para-hydroxylation sites is 1. The molecule has 10 nitrogen and oxygen atoms in total. The standard InChI is InChI=1S/C26H45N3O7SSi2/c1-24(2,3)38(7,8)33-16-20-26(19(27)17-37(31,32)36-26)21(35-39(9,10)25(4,5)6)22(34-20)29-23(30)28-18-14-12-11-13-15-18/h11-15,17,20-22H,16,27H2,1-10H3,(H2,28,29,30)/t20-,21+,22+,26-/m1/s1. The van der Waals surface area contributed by atoms with Gasteiger partial charge in [0.25, 0.3) is 10.1 Å². The van der Waals surface area contributed by atoms with E-state index >= 15 is 0 Å². The van der Waals surface area contributed by atoms with Crippen LogP contribution in [0.25, 0.3) is 0 Å². The monoisotopic (exact) mass is 599 g/mol. The molecule has 0 radical (unpaired) electrons. The van der Waals surface area contributed by atoms with E-state index in [0.29, 0.717) is 5.69 Å². The van der Waals surface area contributed by atoms with Gasteiger partial charge in [-0.3, -0.25) is 0 Å². The maximum atomic E-state index is 13.1. The predicted molar refractivity (Wildman–Crippen MR) is 157 cm³/mol. The molecule has 1 aromatic rings. The Hall–Kier alpha value is -1.75. The highest BCUT2D eigenvalue weighted by Gasteiger charge is 2.67. The predicted octanol–water partition coefficient (Wildman–Crippen LogP) is 4.84. The molecule has 1 saturated heterocycles. The number of amides is 2. The minimum atomic E-state index is -4.13. The Kier molecular flexibility index (Phi) is 8.62. The molecular formula is C26H45N3O7SSi2. The first-order valence-electron chi connectivity index (χ1n) is 13.1. The number of nitrogens with one attached hydrogen (secondary N) is 2. The van der Waals surface area contributed by atoms with Crippen LogP contribution in [0.3, 0.4) is 0 Å². The van der Waals surface area contributed by atoms with Crippen LogP contribution in [0, 0.1) is 0 Å². The van der Waals surface area contributed by atoms with Crippen molar-refractivity contribution in [3.05, 3.63) is 41.4 Å². The number of nitrogens with two attached hydrogens (primary N) is 1. The Balaban J connectivity index is 2.03. The number of anilines is 1. The lowest BCUT2D eigenvalue weighted by molar-refractivity contribution is -0.0419. The largest absolute Gasteiger partial charge is 0.414 e. The zero-order chi connectivity index (χ0) is 29.7. The molecule has 2 aliphatic heterocycles. The minimum Gasteiger partial charge on any atom is -0.414 e. The van der Waals surface area contributed by atoms with E-state index in [1.165, 1.54) is 0 Å². The molecule has 4 atom stereocenters. The summed E-state index contributed by atoms with van der Waals surface area (Å²) in [6, 6.07) is 8.41. The summed E-state index contributed by atoms with van der Waals surface area (Å²) in [6.45, 7) is 20.8. The van der Waals surface area contributed by atoms with Gasteiger partial charge in [-0.15, -0.1) is 0 Å². The summed E-state index contributed by atoms with van der Waals surface area (Å²) < 4.78 is 50.9. The first-order chi connectivity index (χ1) is 17.6. The molecule has 4 N–H and O–H groups in total. The fraction of sp³-hybridized carbons (Fsp3) is 0.654. The van der Waals surface area contributed by atoms with E-state index in [-0.39, 0.29) is 22.4 Å². The molecule has 39 heavy (non-hydrogen) atoms. The number of hydrogen-bond acceptors (Lipinski definition) is 8. The first-order valence-corrected chi connectivity index (χ1v) is 20.4. The SMILES string of the molecule is CC(C)(C)[Si](C)(C)OC[C@H]1O[C@H](NC(=O)Nc2ccccc2)[C@H](O[Si](C)(C)C(C)(C)C)[C@]12OS(=O)(=O)C=C2N. The Morgan fingerprint density at radius 1 is 1.03 bits per heavy atom. The molecule has 1 spiro atoms. The summed E-state index contributed by atoms with van der Waals surface area (Å²) in [5.74, 6) is 0. The number of carbonyl (C=O) groups excluding carboxylic acids is 1. The number of benzene rings is 1. The molecular weight excluding hydrogens is 555 g/mol. The van der Waals surface area contributed by atoms with Gasteiger partial charge in [-0.25, -0.2) is 8.98 Å². The third-order valence-electron chi connectivity index (χ3n) is 8.40. The second-order valence-corrected chi connectivity index (χ2v) is 24.3.